The van der Waals surface area contributed by atoms with Gasteiger partial charge in [-0.3, -0.25) is 0 Å². The van der Waals surface area contributed by atoms with Crippen LogP contribution in [0.1, 0.15) is 44.3 Å². The zero-order valence-electron chi connectivity index (χ0n) is 10.5. The van der Waals surface area contributed by atoms with Crippen molar-refractivity contribution in [1.29, 1.82) is 0 Å². The van der Waals surface area contributed by atoms with Gasteiger partial charge in [0.2, 0.25) is 0 Å². The molecule has 1 N–H and O–H groups in total. The van der Waals surface area contributed by atoms with Crippen LogP contribution in [0.3, 0.4) is 0 Å². The number of aromatic nitrogens is 1. The van der Waals surface area contributed by atoms with Crippen LogP contribution < -0.4 is 5.32 Å². The third-order valence-corrected chi connectivity index (χ3v) is 4.82. The molecule has 92 valence electrons. The van der Waals surface area contributed by atoms with E-state index in [1.54, 1.807) is 11.3 Å². The van der Waals surface area contributed by atoms with Crippen LogP contribution in [0.25, 0.3) is 0 Å². The first-order valence-corrected chi connectivity index (χ1v) is 7.94. The molecule has 0 aromatic carbocycles. The van der Waals surface area contributed by atoms with Crippen molar-refractivity contribution in [1.82, 2.24) is 10.3 Å². The van der Waals surface area contributed by atoms with E-state index in [2.05, 4.69) is 36.5 Å². The third-order valence-electron chi connectivity index (χ3n) is 2.40. The Labute approximate surface area is 107 Å². The van der Waals surface area contributed by atoms with Crippen molar-refractivity contribution in [2.24, 2.45) is 0 Å². The van der Waals surface area contributed by atoms with Crippen molar-refractivity contribution in [3.8, 4) is 0 Å². The predicted molar refractivity (Wildman–Crippen MR) is 75.2 cm³/mol. The summed E-state index contributed by atoms with van der Waals surface area (Å²) in [7, 11) is 0. The van der Waals surface area contributed by atoms with Gasteiger partial charge in [-0.15, -0.1) is 11.3 Å². The van der Waals surface area contributed by atoms with E-state index in [1.165, 1.54) is 23.5 Å². The lowest BCUT2D eigenvalue weighted by Crippen LogP contribution is -2.13. The number of hydrogen-bond donors (Lipinski definition) is 1. The molecule has 0 saturated heterocycles. The van der Waals surface area contributed by atoms with E-state index in [-0.39, 0.29) is 0 Å². The second-order valence-corrected chi connectivity index (χ2v) is 6.31. The van der Waals surface area contributed by atoms with Crippen LogP contribution >= 0.6 is 23.1 Å². The maximum Gasteiger partial charge on any atom is 0.103 e. The lowest BCUT2D eigenvalue weighted by Gasteiger charge is -2.05. The van der Waals surface area contributed by atoms with Gasteiger partial charge in [0.15, 0.2) is 0 Å². The second kappa shape index (κ2) is 8.09. The SMILES string of the molecule is CCCNCc1csc(CSC(C)CC)n1. The van der Waals surface area contributed by atoms with E-state index in [9.17, 15) is 0 Å². The van der Waals surface area contributed by atoms with Gasteiger partial charge in [0.25, 0.3) is 0 Å². The Bertz CT molecular complexity index is 286. The summed E-state index contributed by atoms with van der Waals surface area (Å²) in [5.41, 5.74) is 1.19. The normalized spacial score (nSPS) is 12.9. The first-order valence-electron chi connectivity index (χ1n) is 6.01. The predicted octanol–water partition coefficient (Wildman–Crippen LogP) is 3.67. The van der Waals surface area contributed by atoms with Crippen LogP contribution in [0, 0.1) is 0 Å². The van der Waals surface area contributed by atoms with Crippen molar-refractivity contribution in [2.75, 3.05) is 6.54 Å². The molecule has 4 heteroatoms. The number of nitrogens with zero attached hydrogens (tertiary/aromatic N) is 1. The largest absolute Gasteiger partial charge is 0.311 e. The highest BCUT2D eigenvalue weighted by Crippen LogP contribution is 2.21. The van der Waals surface area contributed by atoms with E-state index >= 15 is 0 Å². The number of rotatable bonds is 8. The minimum absolute atomic E-state index is 0.741. The molecule has 1 rings (SSSR count). The Morgan fingerprint density at radius 1 is 1.50 bits per heavy atom. The Hall–Kier alpha value is -0.0600. The average Bonchev–Trinajstić information content (AvgIpc) is 2.74. The van der Waals surface area contributed by atoms with Crippen LogP contribution in [0.5, 0.6) is 0 Å². The van der Waals surface area contributed by atoms with Gasteiger partial charge in [-0.05, 0) is 19.4 Å². The summed E-state index contributed by atoms with van der Waals surface area (Å²) >= 11 is 3.79. The van der Waals surface area contributed by atoms with E-state index in [0.29, 0.717) is 0 Å². The molecule has 0 spiro atoms. The topological polar surface area (TPSA) is 24.9 Å². The molecule has 1 heterocycles. The molecule has 0 radical (unpaired) electrons. The van der Waals surface area contributed by atoms with Crippen molar-refractivity contribution in [3.63, 3.8) is 0 Å². The summed E-state index contributed by atoms with van der Waals surface area (Å²) in [6.07, 6.45) is 2.42. The molecular weight excluding hydrogens is 236 g/mol. The Morgan fingerprint density at radius 2 is 2.31 bits per heavy atom. The summed E-state index contributed by atoms with van der Waals surface area (Å²) < 4.78 is 0. The maximum atomic E-state index is 4.62. The van der Waals surface area contributed by atoms with Crippen LogP contribution in [0.2, 0.25) is 0 Å². The summed E-state index contributed by atoms with van der Waals surface area (Å²) in [6, 6.07) is 0. The van der Waals surface area contributed by atoms with Crippen molar-refractivity contribution >= 4 is 23.1 Å². The monoisotopic (exact) mass is 258 g/mol. The molecule has 0 aliphatic rings. The average molecular weight is 258 g/mol. The van der Waals surface area contributed by atoms with Crippen molar-refractivity contribution < 1.29 is 0 Å². The van der Waals surface area contributed by atoms with E-state index in [1.807, 2.05) is 11.8 Å². The minimum atomic E-state index is 0.741. The van der Waals surface area contributed by atoms with Gasteiger partial charge in [-0.1, -0.05) is 20.8 Å². The van der Waals surface area contributed by atoms with Gasteiger partial charge in [0.05, 0.1) is 5.69 Å². The van der Waals surface area contributed by atoms with Gasteiger partial charge in [0, 0.05) is 22.9 Å². The zero-order valence-corrected chi connectivity index (χ0v) is 12.1. The quantitative estimate of drug-likeness (QED) is 0.720. The maximum absolute atomic E-state index is 4.62. The van der Waals surface area contributed by atoms with Crippen LogP contribution in [0.15, 0.2) is 5.38 Å². The summed E-state index contributed by atoms with van der Waals surface area (Å²) in [5, 5.41) is 7.56. The molecular formula is C12H22N2S2. The lowest BCUT2D eigenvalue weighted by molar-refractivity contribution is 0.666. The fourth-order valence-corrected chi connectivity index (χ4v) is 3.00. The molecule has 1 aromatic heterocycles. The highest BCUT2D eigenvalue weighted by atomic mass is 32.2. The molecule has 16 heavy (non-hydrogen) atoms. The Kier molecular flexibility index (Phi) is 7.08. The third kappa shape index (κ3) is 5.32. The molecule has 1 atom stereocenters. The van der Waals surface area contributed by atoms with E-state index in [4.69, 9.17) is 0 Å². The highest BCUT2D eigenvalue weighted by molar-refractivity contribution is 7.99. The van der Waals surface area contributed by atoms with Gasteiger partial charge < -0.3 is 5.32 Å². The smallest absolute Gasteiger partial charge is 0.103 e. The fraction of sp³-hybridized carbons (Fsp3) is 0.750. The van der Waals surface area contributed by atoms with Crippen LogP contribution in [-0.4, -0.2) is 16.8 Å². The van der Waals surface area contributed by atoms with Gasteiger partial charge in [0.1, 0.15) is 5.01 Å². The molecule has 1 aromatic rings. The zero-order chi connectivity index (χ0) is 11.8. The first-order chi connectivity index (χ1) is 7.76. The molecule has 0 bridgehead atoms. The van der Waals surface area contributed by atoms with E-state index < -0.39 is 0 Å². The van der Waals surface area contributed by atoms with Crippen LogP contribution in [-0.2, 0) is 12.3 Å². The molecule has 0 aliphatic heterocycles. The van der Waals surface area contributed by atoms with E-state index in [0.717, 1.165) is 24.1 Å². The Morgan fingerprint density at radius 3 is 3.00 bits per heavy atom. The highest BCUT2D eigenvalue weighted by Gasteiger charge is 2.04. The summed E-state index contributed by atoms with van der Waals surface area (Å²) in [5.74, 6) is 1.06. The second-order valence-electron chi connectivity index (χ2n) is 3.94. The molecule has 2 nitrogen and oxygen atoms in total. The first kappa shape index (κ1) is 14.0. The molecule has 0 fully saturated rings. The van der Waals surface area contributed by atoms with Gasteiger partial charge >= 0.3 is 0 Å². The summed E-state index contributed by atoms with van der Waals surface area (Å²) in [4.78, 5) is 4.62. The number of hydrogen-bond acceptors (Lipinski definition) is 4. The number of nitrogens with one attached hydrogen (secondary N) is 1. The molecule has 0 saturated carbocycles. The van der Waals surface area contributed by atoms with Crippen LogP contribution in [0.4, 0.5) is 0 Å². The van der Waals surface area contributed by atoms with Crippen molar-refractivity contribution in [2.45, 2.75) is 51.2 Å². The number of thiazole rings is 1. The molecule has 0 amide bonds. The standard InChI is InChI=1S/C12H22N2S2/c1-4-6-13-7-11-8-16-12(14-11)9-15-10(3)5-2/h8,10,13H,4-7,9H2,1-3H3. The molecule has 0 aliphatic carbocycles. The van der Waals surface area contributed by atoms with Gasteiger partial charge in [-0.2, -0.15) is 11.8 Å². The number of thioether (sulfide) groups is 1. The fourth-order valence-electron chi connectivity index (χ4n) is 1.22. The molecule has 1 unspecified atom stereocenters. The minimum Gasteiger partial charge on any atom is -0.311 e. The summed E-state index contributed by atoms with van der Waals surface area (Å²) in [6.45, 7) is 8.69. The Balaban J connectivity index is 2.28. The lowest BCUT2D eigenvalue weighted by atomic mass is 10.4. The van der Waals surface area contributed by atoms with Crippen molar-refractivity contribution in [3.05, 3.63) is 16.1 Å². The van der Waals surface area contributed by atoms with Gasteiger partial charge in [-0.25, -0.2) is 4.98 Å².